The average Bonchev–Trinajstić information content (AvgIpc) is 3.78. The molecule has 0 aromatic carbocycles. The lowest BCUT2D eigenvalue weighted by Crippen LogP contribution is -2.65. The first kappa shape index (κ1) is 50.2. The predicted molar refractivity (Wildman–Crippen MR) is 233 cm³/mol. The van der Waals surface area contributed by atoms with Crippen LogP contribution in [0.2, 0.25) is 0 Å². The molecule has 372 valence electrons. The van der Waals surface area contributed by atoms with Crippen LogP contribution in [0.3, 0.4) is 0 Å². The minimum atomic E-state index is -1.70. The van der Waals surface area contributed by atoms with E-state index in [4.69, 9.17) is 37.9 Å². The molecule has 8 N–H and O–H groups in total. The van der Waals surface area contributed by atoms with Crippen LogP contribution in [0.25, 0.3) is 0 Å². The minimum absolute atomic E-state index is 0.0331. The highest BCUT2D eigenvalue weighted by atomic mass is 16.8. The van der Waals surface area contributed by atoms with Crippen molar-refractivity contribution >= 4 is 0 Å². The number of aliphatic hydroxyl groups excluding tert-OH is 8. The van der Waals surface area contributed by atoms with Gasteiger partial charge < -0.3 is 78.7 Å². The van der Waals surface area contributed by atoms with Crippen molar-refractivity contribution in [3.63, 3.8) is 0 Å². The Morgan fingerprint density at radius 2 is 1.34 bits per heavy atom. The molecule has 65 heavy (non-hydrogen) atoms. The molecule has 16 nitrogen and oxygen atoms in total. The fourth-order valence-corrected chi connectivity index (χ4v) is 14.5. The van der Waals surface area contributed by atoms with Crippen LogP contribution in [-0.2, 0) is 37.9 Å². The van der Waals surface area contributed by atoms with Crippen molar-refractivity contribution in [2.45, 2.75) is 224 Å². The SMILES string of the molecule is CO[C@@H]1O[C@H](C=C(C)C)C[C@H]1[C@@H]1CC[C@]2(C)C3=CC[C@H]4C(C)(C)[C@@H](O[C@@H]5O[C@H](CO[C@@H]6O[C@@H](C)[C@H](O)[C@@H](O)[C@H]6O)[C@@H](O)[C@H](O)[C@H]5O[C@@H]5O[C@@H](C)[C@H](O)[C@@H](O)[C@H]5O)CC[C@]4(C)[C@H]3CC[C@@]12C. The third-order valence-electron chi connectivity index (χ3n) is 18.5. The zero-order valence-electron chi connectivity index (χ0n) is 40.1. The fourth-order valence-electron chi connectivity index (χ4n) is 14.5. The number of fused-ring (bicyclic) bond motifs is 5. The summed E-state index contributed by atoms with van der Waals surface area (Å²) in [5, 5.41) is 86.4. The molecule has 0 amide bonds. The molecule has 0 radical (unpaired) electrons. The van der Waals surface area contributed by atoms with Gasteiger partial charge in [-0.3, -0.25) is 0 Å². The largest absolute Gasteiger partial charge is 0.388 e. The van der Waals surface area contributed by atoms with E-state index in [1.54, 1.807) is 12.7 Å². The average molecular weight is 925 g/mol. The summed E-state index contributed by atoms with van der Waals surface area (Å²) >= 11 is 0. The zero-order valence-corrected chi connectivity index (χ0v) is 40.1. The number of allylic oxidation sites excluding steroid dienone is 3. The summed E-state index contributed by atoms with van der Waals surface area (Å²) in [7, 11) is 1.78. The second-order valence-corrected chi connectivity index (χ2v) is 22.7. The van der Waals surface area contributed by atoms with Crippen molar-refractivity contribution in [2.24, 2.45) is 45.3 Å². The van der Waals surface area contributed by atoms with Gasteiger partial charge in [0.2, 0.25) is 0 Å². The van der Waals surface area contributed by atoms with Crippen LogP contribution < -0.4 is 0 Å². The van der Waals surface area contributed by atoms with Crippen molar-refractivity contribution in [2.75, 3.05) is 13.7 Å². The maximum absolute atomic E-state index is 11.8. The summed E-state index contributed by atoms with van der Waals surface area (Å²) < 4.78 is 49.3. The van der Waals surface area contributed by atoms with Gasteiger partial charge in [0.15, 0.2) is 25.2 Å². The second kappa shape index (κ2) is 18.5. The Kier molecular flexibility index (Phi) is 14.3. The Labute approximate surface area is 384 Å². The quantitative estimate of drug-likeness (QED) is 0.147. The number of hydrogen-bond donors (Lipinski definition) is 8. The van der Waals surface area contributed by atoms with Crippen molar-refractivity contribution < 1.29 is 78.7 Å². The van der Waals surface area contributed by atoms with Crippen LogP contribution in [0.5, 0.6) is 0 Å². The van der Waals surface area contributed by atoms with Crippen LogP contribution in [0.1, 0.15) is 114 Å². The summed E-state index contributed by atoms with van der Waals surface area (Å²) in [4.78, 5) is 0. The van der Waals surface area contributed by atoms with E-state index in [9.17, 15) is 40.9 Å². The summed E-state index contributed by atoms with van der Waals surface area (Å²) in [5.74, 6) is 1.42. The monoisotopic (exact) mass is 925 g/mol. The highest BCUT2D eigenvalue weighted by Gasteiger charge is 2.67. The molecule has 0 spiro atoms. The van der Waals surface area contributed by atoms with Gasteiger partial charge in [0.25, 0.3) is 0 Å². The summed E-state index contributed by atoms with van der Waals surface area (Å²) in [6, 6.07) is 0. The fraction of sp³-hybridized carbons (Fsp3) is 0.918. The van der Waals surface area contributed by atoms with E-state index in [1.807, 2.05) is 0 Å². The number of ether oxygens (including phenoxy) is 8. The summed E-state index contributed by atoms with van der Waals surface area (Å²) in [6.45, 7) is 18.9. The van der Waals surface area contributed by atoms with E-state index in [0.29, 0.717) is 24.2 Å². The maximum atomic E-state index is 11.8. The highest BCUT2D eigenvalue weighted by Crippen LogP contribution is 2.74. The van der Waals surface area contributed by atoms with E-state index < -0.39 is 110 Å². The third-order valence-corrected chi connectivity index (χ3v) is 18.5. The molecule has 3 saturated carbocycles. The lowest BCUT2D eigenvalue weighted by atomic mass is 9.41. The van der Waals surface area contributed by atoms with Crippen molar-refractivity contribution in [1.29, 1.82) is 0 Å². The molecule has 0 aromatic rings. The second-order valence-electron chi connectivity index (χ2n) is 22.7. The van der Waals surface area contributed by atoms with E-state index in [2.05, 4.69) is 60.6 Å². The van der Waals surface area contributed by atoms with E-state index in [-0.39, 0.29) is 34.6 Å². The number of methoxy groups -OCH3 is 1. The van der Waals surface area contributed by atoms with Gasteiger partial charge in [-0.2, -0.15) is 0 Å². The van der Waals surface area contributed by atoms with E-state index >= 15 is 0 Å². The van der Waals surface area contributed by atoms with Gasteiger partial charge in [-0.25, -0.2) is 0 Å². The molecule has 0 unspecified atom stereocenters. The normalized spacial score (nSPS) is 54.3. The first-order chi connectivity index (χ1) is 30.5. The van der Waals surface area contributed by atoms with Gasteiger partial charge in [-0.15, -0.1) is 0 Å². The van der Waals surface area contributed by atoms with Crippen LogP contribution in [0, 0.1) is 45.3 Å². The maximum Gasteiger partial charge on any atom is 0.187 e. The molecule has 4 aliphatic carbocycles. The van der Waals surface area contributed by atoms with Crippen LogP contribution in [0.15, 0.2) is 23.3 Å². The molecule has 0 bridgehead atoms. The van der Waals surface area contributed by atoms with Crippen molar-refractivity contribution in [3.05, 3.63) is 23.3 Å². The first-order valence-corrected chi connectivity index (χ1v) is 24.4. The third kappa shape index (κ3) is 8.46. The van der Waals surface area contributed by atoms with Gasteiger partial charge in [0.1, 0.15) is 61.0 Å². The Morgan fingerprint density at radius 3 is 1.98 bits per heavy atom. The molecule has 0 aromatic heterocycles. The van der Waals surface area contributed by atoms with Crippen LogP contribution >= 0.6 is 0 Å². The van der Waals surface area contributed by atoms with E-state index in [0.717, 1.165) is 44.9 Å². The molecule has 4 aliphatic heterocycles. The van der Waals surface area contributed by atoms with Gasteiger partial charge in [-0.1, -0.05) is 57.9 Å². The minimum Gasteiger partial charge on any atom is -0.388 e. The Hall–Kier alpha value is -1.16. The predicted octanol–water partition coefficient (Wildman–Crippen LogP) is 2.82. The Morgan fingerprint density at radius 1 is 0.692 bits per heavy atom. The number of hydrogen-bond acceptors (Lipinski definition) is 16. The number of aliphatic hydroxyl groups is 8. The zero-order chi connectivity index (χ0) is 47.3. The Bertz CT molecular complexity index is 1740. The van der Waals surface area contributed by atoms with Gasteiger partial charge in [-0.05, 0) is 118 Å². The molecule has 8 aliphatic rings. The van der Waals surface area contributed by atoms with Crippen LogP contribution in [0.4, 0.5) is 0 Å². The molecular weight excluding hydrogens is 845 g/mol. The standard InChI is InChI=1S/C49H80O16/c1-22(2)19-25-20-26(42(58-10)62-25)27-13-17-49(9)29-11-12-31-46(5,6)32(15-16-47(31,7)28(29)14-18-48(27,49)8)64-45-41(65-44-40(57)37(54)34(51)24(4)61-44)38(55)35(52)30(63-45)21-59-43-39(56)36(53)33(50)23(3)60-43/h11,19,23-28,30-45,50-57H,12-18,20-21H2,1-10H3/t23-,24-,25+,26-,27-,28-,30+,31-,32-,33-,34-,35+,36+,37+,38-,39+,40+,41+,42+,43+,44-,45-,47+,48-,49+/m0/s1. The van der Waals surface area contributed by atoms with Crippen molar-refractivity contribution in [3.8, 4) is 0 Å². The molecule has 8 rings (SSSR count). The molecule has 25 atom stereocenters. The van der Waals surface area contributed by atoms with Gasteiger partial charge in [0, 0.05) is 13.0 Å². The molecule has 4 saturated heterocycles. The van der Waals surface area contributed by atoms with E-state index in [1.165, 1.54) is 19.4 Å². The molecular formula is C49H80O16. The van der Waals surface area contributed by atoms with Gasteiger partial charge in [0.05, 0.1) is 31.0 Å². The number of rotatable bonds is 10. The summed E-state index contributed by atoms with van der Waals surface area (Å²) in [5.41, 5.74) is 2.54. The molecule has 16 heteroatoms. The lowest BCUT2D eigenvalue weighted by molar-refractivity contribution is -0.379. The Balaban J connectivity index is 1.03. The molecule has 4 heterocycles. The smallest absolute Gasteiger partial charge is 0.187 e. The molecule has 7 fully saturated rings. The highest BCUT2D eigenvalue weighted by molar-refractivity contribution is 5.33. The topological polar surface area (TPSA) is 236 Å². The van der Waals surface area contributed by atoms with Gasteiger partial charge >= 0.3 is 0 Å². The van der Waals surface area contributed by atoms with Crippen molar-refractivity contribution in [1.82, 2.24) is 0 Å². The summed E-state index contributed by atoms with van der Waals surface area (Å²) in [6.07, 6.45) is -9.11. The lowest BCUT2D eigenvalue weighted by Gasteiger charge is -2.65. The van der Waals surface area contributed by atoms with Crippen LogP contribution in [-0.4, -0.2) is 165 Å². The first-order valence-electron chi connectivity index (χ1n) is 24.4.